The second-order valence-corrected chi connectivity index (χ2v) is 4.72. The van der Waals surface area contributed by atoms with E-state index in [2.05, 4.69) is 10.6 Å². The molecule has 1 aliphatic heterocycles. The summed E-state index contributed by atoms with van der Waals surface area (Å²) < 4.78 is 10.5. The van der Waals surface area contributed by atoms with Crippen molar-refractivity contribution in [3.05, 3.63) is 48.0 Å². The quantitative estimate of drug-likeness (QED) is 0.906. The summed E-state index contributed by atoms with van der Waals surface area (Å²) in [5, 5.41) is 6.08. The van der Waals surface area contributed by atoms with Gasteiger partial charge < -0.3 is 20.1 Å². The molecule has 2 N–H and O–H groups in total. The minimum atomic E-state index is -0.442. The lowest BCUT2D eigenvalue weighted by Gasteiger charge is -2.16. The number of benzene rings is 2. The Bertz CT molecular complexity index is 685. The number of ether oxygens (including phenoxy) is 2. The summed E-state index contributed by atoms with van der Waals surface area (Å²) in [4.78, 5) is 12.1. The van der Waals surface area contributed by atoms with E-state index in [4.69, 9.17) is 9.47 Å². The van der Waals surface area contributed by atoms with Crippen molar-refractivity contribution in [1.82, 2.24) is 0 Å². The van der Waals surface area contributed by atoms with Crippen LogP contribution in [0.4, 0.5) is 11.4 Å². The first-order chi connectivity index (χ1) is 10.2. The van der Waals surface area contributed by atoms with Gasteiger partial charge in [-0.2, -0.15) is 0 Å². The molecule has 1 unspecified atom stereocenters. The number of hydrogen-bond acceptors (Lipinski definition) is 4. The number of rotatable bonds is 4. The van der Waals surface area contributed by atoms with Gasteiger partial charge in [0, 0.05) is 17.3 Å². The lowest BCUT2D eigenvalue weighted by molar-refractivity contribution is -0.116. The van der Waals surface area contributed by atoms with Gasteiger partial charge in [-0.15, -0.1) is 0 Å². The first-order valence-corrected chi connectivity index (χ1v) is 6.61. The average molecular weight is 284 g/mol. The van der Waals surface area contributed by atoms with E-state index >= 15 is 0 Å². The zero-order chi connectivity index (χ0) is 14.8. The lowest BCUT2D eigenvalue weighted by atomic mass is 10.1. The molecule has 5 nitrogen and oxygen atoms in total. The summed E-state index contributed by atoms with van der Waals surface area (Å²) in [7, 11) is 3.19. The molecule has 2 aromatic carbocycles. The molecule has 21 heavy (non-hydrogen) atoms. The molecule has 5 heteroatoms. The van der Waals surface area contributed by atoms with Gasteiger partial charge in [-0.05, 0) is 18.2 Å². The molecule has 2 aromatic rings. The highest BCUT2D eigenvalue weighted by Crippen LogP contribution is 2.36. The Labute approximate surface area is 122 Å². The third-order valence-electron chi connectivity index (χ3n) is 3.50. The second kappa shape index (κ2) is 5.36. The number of amides is 1. The lowest BCUT2D eigenvalue weighted by Crippen LogP contribution is -2.20. The Morgan fingerprint density at radius 2 is 1.90 bits per heavy atom. The third kappa shape index (κ3) is 2.38. The van der Waals surface area contributed by atoms with Crippen molar-refractivity contribution >= 4 is 17.3 Å². The smallest absolute Gasteiger partial charge is 0.251 e. The number of anilines is 2. The molecule has 0 saturated carbocycles. The van der Waals surface area contributed by atoms with Gasteiger partial charge in [-0.3, -0.25) is 4.79 Å². The van der Waals surface area contributed by atoms with Crippen LogP contribution in [0.3, 0.4) is 0 Å². The van der Waals surface area contributed by atoms with Crippen LogP contribution in [-0.2, 0) is 4.79 Å². The van der Waals surface area contributed by atoms with Crippen molar-refractivity contribution in [1.29, 1.82) is 0 Å². The van der Waals surface area contributed by atoms with E-state index in [-0.39, 0.29) is 5.91 Å². The first-order valence-electron chi connectivity index (χ1n) is 6.61. The number of fused-ring (bicyclic) bond motifs is 1. The summed E-state index contributed by atoms with van der Waals surface area (Å²) >= 11 is 0. The summed E-state index contributed by atoms with van der Waals surface area (Å²) in [6.07, 6.45) is 0. The van der Waals surface area contributed by atoms with Crippen molar-refractivity contribution in [3.63, 3.8) is 0 Å². The zero-order valence-electron chi connectivity index (χ0n) is 11.8. The van der Waals surface area contributed by atoms with Crippen LogP contribution < -0.4 is 20.1 Å². The summed E-state index contributed by atoms with van der Waals surface area (Å²) in [6, 6.07) is 12.6. The topological polar surface area (TPSA) is 59.6 Å². The van der Waals surface area contributed by atoms with Gasteiger partial charge >= 0.3 is 0 Å². The molecule has 3 rings (SSSR count). The van der Waals surface area contributed by atoms with E-state index in [9.17, 15) is 4.79 Å². The fourth-order valence-electron chi connectivity index (χ4n) is 2.43. The third-order valence-corrected chi connectivity index (χ3v) is 3.50. The van der Waals surface area contributed by atoms with Crippen molar-refractivity contribution in [2.75, 3.05) is 24.9 Å². The number of hydrogen-bond donors (Lipinski definition) is 2. The molecule has 0 fully saturated rings. The zero-order valence-corrected chi connectivity index (χ0v) is 11.8. The van der Waals surface area contributed by atoms with E-state index in [0.717, 1.165) is 11.3 Å². The van der Waals surface area contributed by atoms with Crippen LogP contribution in [0.1, 0.15) is 11.6 Å². The molecular weight excluding hydrogens is 268 g/mol. The van der Waals surface area contributed by atoms with E-state index in [1.54, 1.807) is 20.3 Å². The highest BCUT2D eigenvalue weighted by molar-refractivity contribution is 6.04. The van der Waals surface area contributed by atoms with Gasteiger partial charge in [0.15, 0.2) is 0 Å². The second-order valence-electron chi connectivity index (χ2n) is 4.72. The van der Waals surface area contributed by atoms with Crippen molar-refractivity contribution in [2.24, 2.45) is 0 Å². The fraction of sp³-hybridized carbons (Fsp3) is 0.188. The molecule has 0 saturated heterocycles. The SMILES string of the molecule is COc1ccc(OC)c(NC2C(=O)Nc3ccccc32)c1. The van der Waals surface area contributed by atoms with Gasteiger partial charge in [-0.1, -0.05) is 18.2 Å². The predicted octanol–water partition coefficient (Wildman–Crippen LogP) is 2.81. The monoisotopic (exact) mass is 284 g/mol. The number of carbonyl (C=O) groups is 1. The maximum atomic E-state index is 12.1. The number of nitrogens with one attached hydrogen (secondary N) is 2. The Morgan fingerprint density at radius 3 is 2.67 bits per heavy atom. The van der Waals surface area contributed by atoms with Gasteiger partial charge in [0.05, 0.1) is 19.9 Å². The minimum absolute atomic E-state index is 0.0823. The molecule has 0 radical (unpaired) electrons. The maximum Gasteiger partial charge on any atom is 0.251 e. The largest absolute Gasteiger partial charge is 0.497 e. The van der Waals surface area contributed by atoms with E-state index in [0.29, 0.717) is 17.2 Å². The van der Waals surface area contributed by atoms with Crippen molar-refractivity contribution in [3.8, 4) is 11.5 Å². The molecule has 1 atom stereocenters. The fourth-order valence-corrected chi connectivity index (χ4v) is 2.43. The standard InChI is InChI=1S/C16H16N2O3/c1-20-10-7-8-14(21-2)13(9-10)17-15-11-5-3-4-6-12(11)18-16(15)19/h3-9,15,17H,1-2H3,(H,18,19). The molecule has 1 aliphatic rings. The predicted molar refractivity (Wildman–Crippen MR) is 81.0 cm³/mol. The summed E-state index contributed by atoms with van der Waals surface area (Å²) in [5.74, 6) is 1.28. The molecule has 1 amide bonds. The summed E-state index contributed by atoms with van der Waals surface area (Å²) in [5.41, 5.74) is 2.47. The summed E-state index contributed by atoms with van der Waals surface area (Å²) in [6.45, 7) is 0. The number of para-hydroxylation sites is 1. The molecule has 0 aromatic heterocycles. The molecule has 0 aliphatic carbocycles. The number of carbonyl (C=O) groups excluding carboxylic acids is 1. The van der Waals surface area contributed by atoms with Gasteiger partial charge in [0.1, 0.15) is 17.5 Å². The Hall–Kier alpha value is -2.69. The molecule has 0 bridgehead atoms. The van der Waals surface area contributed by atoms with Crippen LogP contribution in [0.25, 0.3) is 0 Å². The van der Waals surface area contributed by atoms with Crippen LogP contribution in [0.2, 0.25) is 0 Å². The van der Waals surface area contributed by atoms with Crippen molar-refractivity contribution in [2.45, 2.75) is 6.04 Å². The molecule has 1 heterocycles. The normalized spacial score (nSPS) is 16.1. The highest BCUT2D eigenvalue weighted by atomic mass is 16.5. The highest BCUT2D eigenvalue weighted by Gasteiger charge is 2.30. The molecule has 108 valence electrons. The van der Waals surface area contributed by atoms with Crippen LogP contribution in [0.5, 0.6) is 11.5 Å². The van der Waals surface area contributed by atoms with Gasteiger partial charge in [0.2, 0.25) is 0 Å². The van der Waals surface area contributed by atoms with Crippen LogP contribution in [-0.4, -0.2) is 20.1 Å². The molecular formula is C16H16N2O3. The maximum absolute atomic E-state index is 12.1. The van der Waals surface area contributed by atoms with E-state index in [1.165, 1.54) is 0 Å². The first kappa shape index (κ1) is 13.3. The van der Waals surface area contributed by atoms with Crippen LogP contribution in [0.15, 0.2) is 42.5 Å². The van der Waals surface area contributed by atoms with E-state index < -0.39 is 6.04 Å². The Balaban J connectivity index is 1.95. The molecule has 0 spiro atoms. The van der Waals surface area contributed by atoms with Crippen LogP contribution in [0, 0.1) is 0 Å². The number of methoxy groups -OCH3 is 2. The van der Waals surface area contributed by atoms with E-state index in [1.807, 2.05) is 36.4 Å². The van der Waals surface area contributed by atoms with Gasteiger partial charge in [-0.25, -0.2) is 0 Å². The Kier molecular flexibility index (Phi) is 3.39. The van der Waals surface area contributed by atoms with Crippen molar-refractivity contribution < 1.29 is 14.3 Å². The van der Waals surface area contributed by atoms with Gasteiger partial charge in [0.25, 0.3) is 5.91 Å². The van der Waals surface area contributed by atoms with Crippen LogP contribution >= 0.6 is 0 Å². The Morgan fingerprint density at radius 1 is 1.10 bits per heavy atom. The average Bonchev–Trinajstić information content (AvgIpc) is 2.83. The minimum Gasteiger partial charge on any atom is -0.497 e.